The van der Waals surface area contributed by atoms with E-state index in [1.54, 1.807) is 0 Å². The van der Waals surface area contributed by atoms with Crippen LogP contribution in [0.2, 0.25) is 0 Å². The summed E-state index contributed by atoms with van der Waals surface area (Å²) in [5.74, 6) is 0.482. The van der Waals surface area contributed by atoms with Crippen molar-refractivity contribution in [3.8, 4) is 0 Å². The highest BCUT2D eigenvalue weighted by molar-refractivity contribution is 5.92. The van der Waals surface area contributed by atoms with Crippen molar-refractivity contribution in [1.82, 2.24) is 4.98 Å². The molecule has 0 radical (unpaired) electrons. The van der Waals surface area contributed by atoms with E-state index in [9.17, 15) is 4.79 Å². The second-order valence-corrected chi connectivity index (χ2v) is 5.11. The normalized spacial score (nSPS) is 12.9. The third-order valence-electron chi connectivity index (χ3n) is 3.91. The first kappa shape index (κ1) is 12.0. The predicted octanol–water partition coefficient (Wildman–Crippen LogP) is 4.19. The molecule has 2 nitrogen and oxygen atoms in total. The number of hydrogen-bond donors (Lipinski definition) is 1. The van der Waals surface area contributed by atoms with Crippen molar-refractivity contribution in [2.45, 2.75) is 26.2 Å². The minimum atomic E-state index is 0.120. The first-order chi connectivity index (χ1) is 9.20. The van der Waals surface area contributed by atoms with Gasteiger partial charge in [-0.1, -0.05) is 32.0 Å². The van der Waals surface area contributed by atoms with Gasteiger partial charge in [0.25, 0.3) is 0 Å². The van der Waals surface area contributed by atoms with E-state index in [4.69, 9.17) is 0 Å². The summed E-state index contributed by atoms with van der Waals surface area (Å²) in [6.45, 7) is 4.36. The average Bonchev–Trinajstić information content (AvgIpc) is 2.46. The zero-order valence-corrected chi connectivity index (χ0v) is 11.2. The molecule has 2 heteroatoms. The molecule has 0 bridgehead atoms. The quantitative estimate of drug-likeness (QED) is 0.680. The van der Waals surface area contributed by atoms with E-state index < -0.39 is 0 Å². The fourth-order valence-corrected chi connectivity index (χ4v) is 2.48. The minimum Gasteiger partial charge on any atom is -0.354 e. The van der Waals surface area contributed by atoms with Gasteiger partial charge in [0.15, 0.2) is 5.43 Å². The maximum atomic E-state index is 12.5. The fraction of sp³-hybridized carbons (Fsp3) is 0.235. The number of benzene rings is 2. The monoisotopic (exact) mass is 251 g/mol. The van der Waals surface area contributed by atoms with Gasteiger partial charge in [0, 0.05) is 21.8 Å². The molecule has 0 saturated heterocycles. The molecule has 0 fully saturated rings. The summed E-state index contributed by atoms with van der Waals surface area (Å²) in [4.78, 5) is 15.9. The van der Waals surface area contributed by atoms with Crippen LogP contribution in [-0.2, 0) is 0 Å². The van der Waals surface area contributed by atoms with Crippen LogP contribution in [-0.4, -0.2) is 4.98 Å². The van der Waals surface area contributed by atoms with E-state index in [0.29, 0.717) is 5.92 Å². The SMILES string of the molecule is CCC(C)c1ccc2[nH]c3ccccc3c(=O)c2c1. The molecule has 1 unspecified atom stereocenters. The first-order valence-corrected chi connectivity index (χ1v) is 6.75. The van der Waals surface area contributed by atoms with Crippen LogP contribution >= 0.6 is 0 Å². The molecule has 0 amide bonds. The fourth-order valence-electron chi connectivity index (χ4n) is 2.48. The Balaban J connectivity index is 2.36. The number of hydrogen-bond acceptors (Lipinski definition) is 1. The van der Waals surface area contributed by atoms with Gasteiger partial charge in [0.05, 0.1) is 0 Å². The van der Waals surface area contributed by atoms with Crippen molar-refractivity contribution in [3.05, 3.63) is 58.3 Å². The van der Waals surface area contributed by atoms with Gasteiger partial charge in [-0.2, -0.15) is 0 Å². The van der Waals surface area contributed by atoms with Gasteiger partial charge in [0.2, 0.25) is 0 Å². The van der Waals surface area contributed by atoms with Crippen LogP contribution in [0.3, 0.4) is 0 Å². The Labute approximate surface area is 112 Å². The molecule has 96 valence electrons. The molecule has 0 saturated carbocycles. The van der Waals surface area contributed by atoms with E-state index >= 15 is 0 Å². The minimum absolute atomic E-state index is 0.120. The summed E-state index contributed by atoms with van der Waals surface area (Å²) >= 11 is 0. The summed E-state index contributed by atoms with van der Waals surface area (Å²) in [5, 5.41) is 1.55. The van der Waals surface area contributed by atoms with E-state index in [-0.39, 0.29) is 5.43 Å². The maximum Gasteiger partial charge on any atom is 0.197 e. The number of rotatable bonds is 2. The van der Waals surface area contributed by atoms with E-state index in [0.717, 1.165) is 28.2 Å². The summed E-state index contributed by atoms with van der Waals surface area (Å²) < 4.78 is 0. The van der Waals surface area contributed by atoms with Gasteiger partial charge in [-0.15, -0.1) is 0 Å². The number of H-pyrrole nitrogens is 1. The molecule has 1 aromatic heterocycles. The number of pyridine rings is 1. The van der Waals surface area contributed by atoms with E-state index in [2.05, 4.69) is 24.9 Å². The maximum absolute atomic E-state index is 12.5. The summed E-state index contributed by atoms with van der Waals surface area (Å²) in [5.41, 5.74) is 3.16. The van der Waals surface area contributed by atoms with Crippen molar-refractivity contribution >= 4 is 21.8 Å². The topological polar surface area (TPSA) is 32.9 Å². The van der Waals surface area contributed by atoms with Crippen LogP contribution in [0.15, 0.2) is 47.3 Å². The predicted molar refractivity (Wildman–Crippen MR) is 80.8 cm³/mol. The summed E-state index contributed by atoms with van der Waals surface area (Å²) in [6.07, 6.45) is 1.08. The van der Waals surface area contributed by atoms with Crippen LogP contribution < -0.4 is 5.43 Å². The Hall–Kier alpha value is -2.09. The second-order valence-electron chi connectivity index (χ2n) is 5.11. The van der Waals surface area contributed by atoms with Gasteiger partial charge in [0.1, 0.15) is 0 Å². The number of para-hydroxylation sites is 1. The molecule has 0 aliphatic carbocycles. The lowest BCUT2D eigenvalue weighted by molar-refractivity contribution is 0.734. The third-order valence-corrected chi connectivity index (χ3v) is 3.91. The zero-order valence-electron chi connectivity index (χ0n) is 11.2. The average molecular weight is 251 g/mol. The Morgan fingerprint density at radius 3 is 2.58 bits per heavy atom. The molecular weight excluding hydrogens is 234 g/mol. The van der Waals surface area contributed by atoms with Gasteiger partial charge < -0.3 is 4.98 Å². The number of nitrogens with one attached hydrogen (secondary N) is 1. The van der Waals surface area contributed by atoms with Gasteiger partial charge in [-0.3, -0.25) is 4.79 Å². The Morgan fingerprint density at radius 2 is 1.79 bits per heavy atom. The lowest BCUT2D eigenvalue weighted by Gasteiger charge is -2.10. The largest absolute Gasteiger partial charge is 0.354 e. The van der Waals surface area contributed by atoms with Crippen molar-refractivity contribution in [2.75, 3.05) is 0 Å². The van der Waals surface area contributed by atoms with Crippen molar-refractivity contribution in [2.24, 2.45) is 0 Å². The van der Waals surface area contributed by atoms with Crippen LogP contribution in [0.25, 0.3) is 21.8 Å². The molecule has 0 spiro atoms. The van der Waals surface area contributed by atoms with Gasteiger partial charge in [-0.05, 0) is 42.2 Å². The molecule has 3 rings (SSSR count). The van der Waals surface area contributed by atoms with Crippen LogP contribution in [0, 0.1) is 0 Å². The van der Waals surface area contributed by atoms with Gasteiger partial charge in [-0.25, -0.2) is 0 Å². The molecule has 19 heavy (non-hydrogen) atoms. The van der Waals surface area contributed by atoms with Crippen LogP contribution in [0.1, 0.15) is 31.7 Å². The lowest BCUT2D eigenvalue weighted by Crippen LogP contribution is -2.05. The van der Waals surface area contributed by atoms with Crippen molar-refractivity contribution < 1.29 is 0 Å². The van der Waals surface area contributed by atoms with E-state index in [1.165, 1.54) is 5.56 Å². The lowest BCUT2D eigenvalue weighted by atomic mass is 9.96. The highest BCUT2D eigenvalue weighted by Crippen LogP contribution is 2.22. The second kappa shape index (κ2) is 4.54. The molecular formula is C17H17NO. The number of aromatic amines is 1. The van der Waals surface area contributed by atoms with Crippen LogP contribution in [0.4, 0.5) is 0 Å². The highest BCUT2D eigenvalue weighted by atomic mass is 16.1. The molecule has 2 aromatic carbocycles. The van der Waals surface area contributed by atoms with Crippen molar-refractivity contribution in [3.63, 3.8) is 0 Å². The van der Waals surface area contributed by atoms with Gasteiger partial charge >= 0.3 is 0 Å². The number of fused-ring (bicyclic) bond motifs is 2. The molecule has 1 atom stereocenters. The summed E-state index contributed by atoms with van der Waals surface area (Å²) in [6, 6.07) is 13.8. The first-order valence-electron chi connectivity index (χ1n) is 6.75. The third kappa shape index (κ3) is 1.93. The summed E-state index contributed by atoms with van der Waals surface area (Å²) in [7, 11) is 0. The van der Waals surface area contributed by atoms with Crippen molar-refractivity contribution in [1.29, 1.82) is 0 Å². The molecule has 3 aromatic rings. The molecule has 1 N–H and O–H groups in total. The zero-order chi connectivity index (χ0) is 13.4. The number of aromatic nitrogens is 1. The molecule has 0 aliphatic heterocycles. The molecule has 0 aliphatic rings. The molecule has 1 heterocycles. The van der Waals surface area contributed by atoms with E-state index in [1.807, 2.05) is 36.4 Å². The standard InChI is InChI=1S/C17H17NO/c1-3-11(2)12-8-9-16-14(10-12)17(19)13-6-4-5-7-15(13)18-16/h4-11H,3H2,1-2H3,(H,18,19). The Kier molecular flexibility index (Phi) is 2.86. The van der Waals surface area contributed by atoms with Crippen LogP contribution in [0.5, 0.6) is 0 Å². The Bertz CT molecular complexity index is 801. The Morgan fingerprint density at radius 1 is 1.05 bits per heavy atom. The highest BCUT2D eigenvalue weighted by Gasteiger charge is 2.08. The smallest absolute Gasteiger partial charge is 0.197 e.